The number of amides is 1. The van der Waals surface area contributed by atoms with Crippen LogP contribution in [0.2, 0.25) is 0 Å². The Kier molecular flexibility index (Phi) is 5.12. The van der Waals surface area contributed by atoms with Gasteiger partial charge in [-0.3, -0.25) is 13.8 Å². The Labute approximate surface area is 143 Å². The summed E-state index contributed by atoms with van der Waals surface area (Å²) in [6.45, 7) is 0.0418. The van der Waals surface area contributed by atoms with Crippen molar-refractivity contribution in [1.29, 1.82) is 0 Å². The van der Waals surface area contributed by atoms with Crippen molar-refractivity contribution >= 4 is 22.5 Å². The Bertz CT molecular complexity index is 651. The van der Waals surface area contributed by atoms with Crippen molar-refractivity contribution in [2.75, 3.05) is 12.4 Å². The van der Waals surface area contributed by atoms with Crippen LogP contribution in [0.1, 0.15) is 24.8 Å². The largest absolute Gasteiger partial charge is 0.367 e. The van der Waals surface area contributed by atoms with Gasteiger partial charge >= 0.3 is 0 Å². The smallest absolute Gasteiger partial charge is 0.238 e. The monoisotopic (exact) mass is 350 g/mol. The van der Waals surface area contributed by atoms with Gasteiger partial charge in [0.05, 0.1) is 12.1 Å². The SMILES string of the molecule is NC(CS(=O)Cc1ccccc1)C(=O)NC12CCCC1OCC2=O. The van der Waals surface area contributed by atoms with Crippen molar-refractivity contribution in [3.05, 3.63) is 35.9 Å². The van der Waals surface area contributed by atoms with Crippen molar-refractivity contribution < 1.29 is 18.5 Å². The van der Waals surface area contributed by atoms with Crippen LogP contribution in [0.25, 0.3) is 0 Å². The van der Waals surface area contributed by atoms with Crippen LogP contribution in [0.15, 0.2) is 30.3 Å². The number of Topliss-reactive ketones (excluding diaryl/α,β-unsaturated/α-hetero) is 1. The van der Waals surface area contributed by atoms with Gasteiger partial charge in [-0.15, -0.1) is 0 Å². The zero-order chi connectivity index (χ0) is 17.2. The fraction of sp³-hybridized carbons (Fsp3) is 0.529. The van der Waals surface area contributed by atoms with Gasteiger partial charge in [-0.1, -0.05) is 30.3 Å². The van der Waals surface area contributed by atoms with E-state index in [0.29, 0.717) is 12.2 Å². The molecule has 3 rings (SSSR count). The van der Waals surface area contributed by atoms with Crippen LogP contribution >= 0.6 is 0 Å². The molecule has 24 heavy (non-hydrogen) atoms. The second kappa shape index (κ2) is 7.13. The van der Waals surface area contributed by atoms with Gasteiger partial charge in [-0.2, -0.15) is 0 Å². The van der Waals surface area contributed by atoms with Crippen LogP contribution in [0, 0.1) is 0 Å². The molecule has 130 valence electrons. The fourth-order valence-corrected chi connectivity index (χ4v) is 4.68. The summed E-state index contributed by atoms with van der Waals surface area (Å²) < 4.78 is 17.7. The zero-order valence-corrected chi connectivity index (χ0v) is 14.2. The molecule has 0 aromatic heterocycles. The van der Waals surface area contributed by atoms with Crippen molar-refractivity contribution in [1.82, 2.24) is 5.32 Å². The second-order valence-electron chi connectivity index (χ2n) is 6.42. The van der Waals surface area contributed by atoms with E-state index >= 15 is 0 Å². The van der Waals surface area contributed by atoms with E-state index in [4.69, 9.17) is 10.5 Å². The average Bonchev–Trinajstić information content (AvgIpc) is 3.08. The van der Waals surface area contributed by atoms with E-state index in [-0.39, 0.29) is 24.2 Å². The first-order chi connectivity index (χ1) is 11.5. The van der Waals surface area contributed by atoms with E-state index in [0.717, 1.165) is 18.4 Å². The van der Waals surface area contributed by atoms with E-state index in [1.54, 1.807) is 0 Å². The molecule has 4 unspecified atom stereocenters. The molecule has 1 aliphatic carbocycles. The molecule has 3 N–H and O–H groups in total. The third kappa shape index (κ3) is 3.43. The standard InChI is InChI=1S/C17H22N2O4S/c18-13(11-24(22)10-12-5-2-1-3-6-12)16(21)19-17-8-4-7-15(17)23-9-14(17)20/h1-3,5-6,13,15H,4,7-11,18H2,(H,19,21). The second-order valence-corrected chi connectivity index (χ2v) is 7.92. The molecule has 2 aliphatic rings. The maximum atomic E-state index is 12.4. The summed E-state index contributed by atoms with van der Waals surface area (Å²) in [6.07, 6.45) is 1.94. The Hall–Kier alpha value is -1.57. The number of benzene rings is 1. The normalized spacial score (nSPS) is 28.4. The Morgan fingerprint density at radius 2 is 2.17 bits per heavy atom. The van der Waals surface area contributed by atoms with Gasteiger partial charge in [-0.25, -0.2) is 0 Å². The molecule has 6 nitrogen and oxygen atoms in total. The lowest BCUT2D eigenvalue weighted by Gasteiger charge is -2.28. The highest BCUT2D eigenvalue weighted by atomic mass is 32.2. The molecule has 1 amide bonds. The predicted octanol–water partition coefficient (Wildman–Crippen LogP) is 0.269. The quantitative estimate of drug-likeness (QED) is 0.767. The molecule has 1 aromatic rings. The van der Waals surface area contributed by atoms with Crippen LogP contribution < -0.4 is 11.1 Å². The molecule has 0 radical (unpaired) electrons. The van der Waals surface area contributed by atoms with Gasteiger partial charge in [0.1, 0.15) is 12.1 Å². The van der Waals surface area contributed by atoms with E-state index in [2.05, 4.69) is 5.32 Å². The molecule has 1 aliphatic heterocycles. The maximum absolute atomic E-state index is 12.4. The third-order valence-electron chi connectivity index (χ3n) is 4.72. The predicted molar refractivity (Wildman–Crippen MR) is 90.6 cm³/mol. The minimum atomic E-state index is -1.24. The number of hydrogen-bond donors (Lipinski definition) is 2. The lowest BCUT2D eigenvalue weighted by molar-refractivity contribution is -0.130. The number of hydrogen-bond acceptors (Lipinski definition) is 5. The van der Waals surface area contributed by atoms with Crippen LogP contribution in [0.5, 0.6) is 0 Å². The topological polar surface area (TPSA) is 98.5 Å². The Morgan fingerprint density at radius 3 is 2.92 bits per heavy atom. The summed E-state index contributed by atoms with van der Waals surface area (Å²) in [4.78, 5) is 24.6. The molecule has 2 fully saturated rings. The molecule has 1 aromatic carbocycles. The van der Waals surface area contributed by atoms with Gasteiger partial charge in [0.15, 0.2) is 5.78 Å². The summed E-state index contributed by atoms with van der Waals surface area (Å²) in [7, 11) is -1.24. The Morgan fingerprint density at radius 1 is 1.42 bits per heavy atom. The summed E-state index contributed by atoms with van der Waals surface area (Å²) >= 11 is 0. The zero-order valence-electron chi connectivity index (χ0n) is 13.4. The van der Waals surface area contributed by atoms with E-state index in [9.17, 15) is 13.8 Å². The fourth-order valence-electron chi connectivity index (χ4n) is 3.44. The summed E-state index contributed by atoms with van der Waals surface area (Å²) in [5, 5.41) is 2.80. The first kappa shape index (κ1) is 17.3. The minimum absolute atomic E-state index is 0.0418. The first-order valence-corrected chi connectivity index (χ1v) is 9.61. The maximum Gasteiger partial charge on any atom is 0.238 e. The Balaban J connectivity index is 1.57. The van der Waals surface area contributed by atoms with Crippen LogP contribution in [-0.4, -0.2) is 45.9 Å². The number of ether oxygens (including phenoxy) is 1. The highest BCUT2D eigenvalue weighted by molar-refractivity contribution is 7.84. The molecule has 1 saturated carbocycles. The molecule has 1 heterocycles. The molecular formula is C17H22N2O4S. The van der Waals surface area contributed by atoms with Crippen molar-refractivity contribution in [3.63, 3.8) is 0 Å². The van der Waals surface area contributed by atoms with Gasteiger partial charge < -0.3 is 15.8 Å². The molecule has 0 bridgehead atoms. The minimum Gasteiger partial charge on any atom is -0.367 e. The summed E-state index contributed by atoms with van der Waals surface area (Å²) in [6, 6.07) is 8.52. The number of carbonyl (C=O) groups excluding carboxylic acids is 2. The first-order valence-electron chi connectivity index (χ1n) is 8.13. The van der Waals surface area contributed by atoms with E-state index < -0.39 is 28.3 Å². The highest BCUT2D eigenvalue weighted by Gasteiger charge is 2.55. The van der Waals surface area contributed by atoms with Gasteiger partial charge in [0, 0.05) is 22.3 Å². The van der Waals surface area contributed by atoms with Crippen molar-refractivity contribution in [2.24, 2.45) is 5.73 Å². The van der Waals surface area contributed by atoms with Gasteiger partial charge in [0.25, 0.3) is 0 Å². The van der Waals surface area contributed by atoms with Crippen molar-refractivity contribution in [3.8, 4) is 0 Å². The molecule has 7 heteroatoms. The van der Waals surface area contributed by atoms with E-state index in [1.807, 2.05) is 30.3 Å². The number of nitrogens with one attached hydrogen (secondary N) is 1. The highest BCUT2D eigenvalue weighted by Crippen LogP contribution is 2.37. The lowest BCUT2D eigenvalue weighted by Crippen LogP contribution is -2.60. The van der Waals surface area contributed by atoms with Crippen LogP contribution in [0.3, 0.4) is 0 Å². The third-order valence-corrected chi connectivity index (χ3v) is 6.11. The van der Waals surface area contributed by atoms with Crippen LogP contribution in [0.4, 0.5) is 0 Å². The molecule has 0 spiro atoms. The molecule has 1 saturated heterocycles. The molecular weight excluding hydrogens is 328 g/mol. The number of carbonyl (C=O) groups is 2. The summed E-state index contributed by atoms with van der Waals surface area (Å²) in [5.41, 5.74) is 5.94. The number of rotatable bonds is 6. The van der Waals surface area contributed by atoms with E-state index in [1.165, 1.54) is 0 Å². The number of fused-ring (bicyclic) bond motifs is 1. The van der Waals surface area contributed by atoms with Gasteiger partial charge in [-0.05, 0) is 24.8 Å². The average molecular weight is 350 g/mol. The number of nitrogens with two attached hydrogens (primary N) is 1. The van der Waals surface area contributed by atoms with Gasteiger partial charge in [0.2, 0.25) is 5.91 Å². The molecule has 4 atom stereocenters. The number of ketones is 1. The van der Waals surface area contributed by atoms with Crippen LogP contribution in [-0.2, 0) is 30.9 Å². The van der Waals surface area contributed by atoms with Crippen molar-refractivity contribution in [2.45, 2.75) is 42.7 Å². The lowest BCUT2D eigenvalue weighted by atomic mass is 9.92. The summed E-state index contributed by atoms with van der Waals surface area (Å²) in [5.74, 6) is -0.0909.